The average molecular weight is 391 g/mol. The van der Waals surface area contributed by atoms with Gasteiger partial charge in [-0.3, -0.25) is 9.20 Å². The first-order valence-corrected chi connectivity index (χ1v) is 10.7. The summed E-state index contributed by atoms with van der Waals surface area (Å²) in [4.78, 5) is 22.5. The van der Waals surface area contributed by atoms with Crippen molar-refractivity contribution in [2.45, 2.75) is 49.1 Å². The fourth-order valence-corrected chi connectivity index (χ4v) is 4.93. The summed E-state index contributed by atoms with van der Waals surface area (Å²) < 4.78 is 2.09. The minimum Gasteiger partial charge on any atom is -0.352 e. The van der Waals surface area contributed by atoms with E-state index in [1.807, 2.05) is 49.4 Å². The number of hydrogen-bond donors (Lipinski definition) is 1. The first-order valence-electron chi connectivity index (χ1n) is 9.84. The molecule has 0 bridgehead atoms. The number of fused-ring (bicyclic) bond motifs is 5. The summed E-state index contributed by atoms with van der Waals surface area (Å²) in [5.41, 5.74) is 3.74. The molecule has 5 rings (SSSR count). The van der Waals surface area contributed by atoms with E-state index in [0.29, 0.717) is 6.04 Å². The Hall–Kier alpha value is -2.60. The van der Waals surface area contributed by atoms with Gasteiger partial charge >= 0.3 is 0 Å². The standard InChI is InChI=1S/C22H22N4OS/c1-14(21(27)23-15-8-2-3-9-15)28-22-25-17-11-5-4-10-16(17)20-24-18-12-6-7-13-19(18)26(20)22/h4-7,10-15H,2-3,8-9H2,1H3,(H,23,27). The lowest BCUT2D eigenvalue weighted by Gasteiger charge is -2.17. The molecule has 5 nitrogen and oxygen atoms in total. The van der Waals surface area contributed by atoms with Crippen LogP contribution in [0.3, 0.4) is 0 Å². The zero-order valence-corrected chi connectivity index (χ0v) is 16.6. The van der Waals surface area contributed by atoms with Crippen LogP contribution in [0.4, 0.5) is 0 Å². The highest BCUT2D eigenvalue weighted by molar-refractivity contribution is 8.00. The highest BCUT2D eigenvalue weighted by atomic mass is 32.2. The molecule has 1 N–H and O–H groups in total. The van der Waals surface area contributed by atoms with Crippen LogP contribution < -0.4 is 5.32 Å². The maximum atomic E-state index is 12.7. The third-order valence-electron chi connectivity index (χ3n) is 5.47. The van der Waals surface area contributed by atoms with Crippen LogP contribution in [0.15, 0.2) is 53.7 Å². The molecule has 1 amide bonds. The molecule has 1 atom stereocenters. The van der Waals surface area contributed by atoms with E-state index in [1.54, 1.807) is 0 Å². The van der Waals surface area contributed by atoms with Gasteiger partial charge in [-0.25, -0.2) is 9.97 Å². The predicted octanol–water partition coefficient (Wildman–Crippen LogP) is 4.58. The number of imidazole rings is 1. The van der Waals surface area contributed by atoms with Crippen LogP contribution in [0.2, 0.25) is 0 Å². The van der Waals surface area contributed by atoms with Crippen LogP contribution in [0.5, 0.6) is 0 Å². The molecule has 0 spiro atoms. The van der Waals surface area contributed by atoms with Crippen LogP contribution in [0, 0.1) is 0 Å². The van der Waals surface area contributed by atoms with Gasteiger partial charge in [-0.2, -0.15) is 0 Å². The number of thioether (sulfide) groups is 1. The Kier molecular flexibility index (Phi) is 4.43. The normalized spacial score (nSPS) is 16.2. The number of rotatable bonds is 4. The van der Waals surface area contributed by atoms with Crippen LogP contribution in [-0.2, 0) is 4.79 Å². The number of hydrogen-bond acceptors (Lipinski definition) is 4. The van der Waals surface area contributed by atoms with Crippen molar-refractivity contribution in [3.8, 4) is 0 Å². The molecular weight excluding hydrogens is 368 g/mol. The lowest BCUT2D eigenvalue weighted by molar-refractivity contribution is -0.120. The molecule has 1 saturated carbocycles. The Morgan fingerprint density at radius 2 is 1.79 bits per heavy atom. The Bertz CT molecular complexity index is 1180. The molecule has 4 aromatic rings. The Morgan fingerprint density at radius 1 is 1.07 bits per heavy atom. The molecule has 142 valence electrons. The Balaban J connectivity index is 1.58. The van der Waals surface area contributed by atoms with Crippen molar-refractivity contribution in [2.24, 2.45) is 0 Å². The van der Waals surface area contributed by atoms with Crippen molar-refractivity contribution in [3.05, 3.63) is 48.5 Å². The molecule has 1 aliphatic rings. The topological polar surface area (TPSA) is 59.3 Å². The van der Waals surface area contributed by atoms with E-state index in [2.05, 4.69) is 15.8 Å². The van der Waals surface area contributed by atoms with Crippen LogP contribution in [0.25, 0.3) is 27.6 Å². The van der Waals surface area contributed by atoms with Gasteiger partial charge in [0.15, 0.2) is 5.16 Å². The minimum atomic E-state index is -0.223. The van der Waals surface area contributed by atoms with Gasteiger partial charge in [0.2, 0.25) is 5.91 Å². The van der Waals surface area contributed by atoms with E-state index in [-0.39, 0.29) is 11.2 Å². The van der Waals surface area contributed by atoms with E-state index in [4.69, 9.17) is 9.97 Å². The highest BCUT2D eigenvalue weighted by Crippen LogP contribution is 2.31. The number of para-hydroxylation sites is 3. The predicted molar refractivity (Wildman–Crippen MR) is 114 cm³/mol. The van der Waals surface area contributed by atoms with Gasteiger partial charge in [-0.1, -0.05) is 48.9 Å². The number of benzene rings is 2. The van der Waals surface area contributed by atoms with Crippen molar-refractivity contribution in [1.82, 2.24) is 19.7 Å². The van der Waals surface area contributed by atoms with Crippen LogP contribution in [-0.4, -0.2) is 31.6 Å². The first kappa shape index (κ1) is 17.5. The summed E-state index contributed by atoms with van der Waals surface area (Å²) in [7, 11) is 0. The van der Waals surface area contributed by atoms with E-state index >= 15 is 0 Å². The molecular formula is C22H22N4OS. The molecule has 2 aromatic heterocycles. The smallest absolute Gasteiger partial charge is 0.233 e. The molecule has 1 unspecified atom stereocenters. The van der Waals surface area contributed by atoms with Gasteiger partial charge < -0.3 is 5.32 Å². The van der Waals surface area contributed by atoms with E-state index < -0.39 is 0 Å². The molecule has 6 heteroatoms. The molecule has 1 fully saturated rings. The van der Waals surface area contributed by atoms with Gasteiger partial charge in [-0.15, -0.1) is 0 Å². The summed E-state index contributed by atoms with van der Waals surface area (Å²) in [6, 6.07) is 16.4. The fraction of sp³-hybridized carbons (Fsp3) is 0.318. The van der Waals surface area contributed by atoms with Gasteiger partial charge in [0.25, 0.3) is 0 Å². The maximum absolute atomic E-state index is 12.7. The number of nitrogens with one attached hydrogen (secondary N) is 1. The Labute approximate surface area is 167 Å². The van der Waals surface area contributed by atoms with Crippen LogP contribution >= 0.6 is 11.8 Å². The second-order valence-corrected chi connectivity index (χ2v) is 8.73. The lowest BCUT2D eigenvalue weighted by Crippen LogP contribution is -2.37. The summed E-state index contributed by atoms with van der Waals surface area (Å²) in [6.07, 6.45) is 4.60. The summed E-state index contributed by atoms with van der Waals surface area (Å²) in [5, 5.41) is 4.80. The van der Waals surface area contributed by atoms with Crippen LogP contribution in [0.1, 0.15) is 32.6 Å². The molecule has 1 aliphatic carbocycles. The lowest BCUT2D eigenvalue weighted by atomic mass is 10.2. The van der Waals surface area contributed by atoms with E-state index in [1.165, 1.54) is 24.6 Å². The maximum Gasteiger partial charge on any atom is 0.233 e. The number of nitrogens with zero attached hydrogens (tertiary/aromatic N) is 3. The number of carbonyl (C=O) groups excluding carboxylic acids is 1. The van der Waals surface area contributed by atoms with Gasteiger partial charge in [0.1, 0.15) is 5.65 Å². The van der Waals surface area contributed by atoms with Crippen molar-refractivity contribution in [2.75, 3.05) is 0 Å². The zero-order chi connectivity index (χ0) is 19.1. The third kappa shape index (κ3) is 3.02. The highest BCUT2D eigenvalue weighted by Gasteiger charge is 2.23. The van der Waals surface area contributed by atoms with Crippen molar-refractivity contribution in [1.29, 1.82) is 0 Å². The summed E-state index contributed by atoms with van der Waals surface area (Å²) in [6.45, 7) is 1.96. The molecule has 0 aliphatic heterocycles. The second-order valence-electron chi connectivity index (χ2n) is 7.42. The minimum absolute atomic E-state index is 0.0874. The van der Waals surface area contributed by atoms with Gasteiger partial charge in [-0.05, 0) is 44.0 Å². The molecule has 0 radical (unpaired) electrons. The quantitative estimate of drug-likeness (QED) is 0.409. The first-order chi connectivity index (χ1) is 13.7. The molecule has 28 heavy (non-hydrogen) atoms. The average Bonchev–Trinajstić information content (AvgIpc) is 3.35. The number of carbonyl (C=O) groups is 1. The summed E-state index contributed by atoms with van der Waals surface area (Å²) in [5.74, 6) is 0.0874. The number of aromatic nitrogens is 3. The monoisotopic (exact) mass is 390 g/mol. The van der Waals surface area contributed by atoms with Crippen molar-refractivity contribution >= 4 is 45.3 Å². The van der Waals surface area contributed by atoms with Gasteiger partial charge in [0.05, 0.1) is 21.8 Å². The van der Waals surface area contributed by atoms with E-state index in [0.717, 1.165) is 45.6 Å². The number of amides is 1. The van der Waals surface area contributed by atoms with Crippen molar-refractivity contribution < 1.29 is 4.79 Å². The second kappa shape index (κ2) is 7.09. The molecule has 2 aromatic carbocycles. The van der Waals surface area contributed by atoms with Crippen molar-refractivity contribution in [3.63, 3.8) is 0 Å². The largest absolute Gasteiger partial charge is 0.352 e. The van der Waals surface area contributed by atoms with E-state index in [9.17, 15) is 4.79 Å². The zero-order valence-electron chi connectivity index (χ0n) is 15.8. The molecule has 2 heterocycles. The Morgan fingerprint density at radius 3 is 2.61 bits per heavy atom. The summed E-state index contributed by atoms with van der Waals surface area (Å²) >= 11 is 1.50. The van der Waals surface area contributed by atoms with Gasteiger partial charge in [0, 0.05) is 11.4 Å². The molecule has 0 saturated heterocycles. The SMILES string of the molecule is CC(Sc1nc2ccccc2c2nc3ccccc3n12)C(=O)NC1CCCC1. The fourth-order valence-electron chi connectivity index (χ4n) is 3.99. The third-order valence-corrected chi connectivity index (χ3v) is 6.52.